The molecule has 0 aliphatic carbocycles. The monoisotopic (exact) mass is 303 g/mol. The van der Waals surface area contributed by atoms with Crippen LogP contribution in [-0.4, -0.2) is 17.5 Å². The van der Waals surface area contributed by atoms with Crippen molar-refractivity contribution in [3.63, 3.8) is 0 Å². The molecular formula is C13H22BrNS. The van der Waals surface area contributed by atoms with Gasteiger partial charge >= 0.3 is 0 Å². The lowest BCUT2D eigenvalue weighted by Crippen LogP contribution is -2.31. The topological polar surface area (TPSA) is 3.24 Å². The maximum atomic E-state index is 3.61. The molecule has 1 aromatic rings. The third kappa shape index (κ3) is 4.56. The van der Waals surface area contributed by atoms with Crippen LogP contribution in [0, 0.1) is 0 Å². The second-order valence-corrected chi connectivity index (χ2v) is 6.32. The molecule has 92 valence electrons. The van der Waals surface area contributed by atoms with Crippen LogP contribution in [0.25, 0.3) is 0 Å². The van der Waals surface area contributed by atoms with Crippen LogP contribution in [0.3, 0.4) is 0 Å². The van der Waals surface area contributed by atoms with E-state index in [1.54, 1.807) is 0 Å². The Bertz CT molecular complexity index is 296. The third-order valence-corrected chi connectivity index (χ3v) is 4.73. The van der Waals surface area contributed by atoms with Crippen LogP contribution in [0.15, 0.2) is 15.9 Å². The summed E-state index contributed by atoms with van der Waals surface area (Å²) >= 11 is 5.46. The molecule has 0 atom stereocenters. The van der Waals surface area contributed by atoms with Gasteiger partial charge in [-0.2, -0.15) is 0 Å². The Morgan fingerprint density at radius 1 is 1.38 bits per heavy atom. The van der Waals surface area contributed by atoms with Gasteiger partial charge in [-0.3, -0.25) is 4.90 Å². The molecule has 0 unspecified atom stereocenters. The smallest absolute Gasteiger partial charge is 0.0341 e. The molecule has 0 bridgehead atoms. The van der Waals surface area contributed by atoms with E-state index >= 15 is 0 Å². The van der Waals surface area contributed by atoms with Crippen LogP contribution in [-0.2, 0) is 6.54 Å². The van der Waals surface area contributed by atoms with Gasteiger partial charge in [0.1, 0.15) is 0 Å². The molecule has 0 radical (unpaired) electrons. The number of halogens is 1. The minimum atomic E-state index is 0.630. The summed E-state index contributed by atoms with van der Waals surface area (Å²) in [6, 6.07) is 2.77. The van der Waals surface area contributed by atoms with Crippen molar-refractivity contribution in [1.82, 2.24) is 4.90 Å². The zero-order chi connectivity index (χ0) is 12.0. The first kappa shape index (κ1) is 14.2. The molecule has 0 fully saturated rings. The van der Waals surface area contributed by atoms with Gasteiger partial charge in [-0.05, 0) is 54.2 Å². The lowest BCUT2D eigenvalue weighted by molar-refractivity contribution is 0.210. The van der Waals surface area contributed by atoms with Gasteiger partial charge in [-0.15, -0.1) is 11.3 Å². The summed E-state index contributed by atoms with van der Waals surface area (Å²) in [6.07, 6.45) is 3.96. The molecule has 1 aromatic heterocycles. The highest BCUT2D eigenvalue weighted by molar-refractivity contribution is 9.10. The molecule has 0 saturated carbocycles. The van der Waals surface area contributed by atoms with Gasteiger partial charge in [0.05, 0.1) is 0 Å². The third-order valence-electron chi connectivity index (χ3n) is 2.82. The fourth-order valence-electron chi connectivity index (χ4n) is 1.71. The van der Waals surface area contributed by atoms with Crippen molar-refractivity contribution >= 4 is 27.3 Å². The Morgan fingerprint density at radius 3 is 2.62 bits per heavy atom. The minimum Gasteiger partial charge on any atom is -0.296 e. The van der Waals surface area contributed by atoms with Gasteiger partial charge in [0.25, 0.3) is 0 Å². The molecule has 3 heteroatoms. The van der Waals surface area contributed by atoms with Gasteiger partial charge in [-0.1, -0.05) is 19.8 Å². The van der Waals surface area contributed by atoms with Crippen molar-refractivity contribution in [3.8, 4) is 0 Å². The number of hydrogen-bond acceptors (Lipinski definition) is 2. The van der Waals surface area contributed by atoms with Crippen LogP contribution >= 0.6 is 27.3 Å². The molecule has 0 amide bonds. The Labute approximate surface area is 112 Å². The van der Waals surface area contributed by atoms with Gasteiger partial charge in [0.2, 0.25) is 0 Å². The van der Waals surface area contributed by atoms with Crippen molar-refractivity contribution in [2.24, 2.45) is 0 Å². The highest BCUT2D eigenvalue weighted by atomic mass is 79.9. The molecule has 16 heavy (non-hydrogen) atoms. The zero-order valence-corrected chi connectivity index (χ0v) is 12.9. The maximum absolute atomic E-state index is 3.61. The quantitative estimate of drug-likeness (QED) is 0.647. The molecule has 0 spiro atoms. The van der Waals surface area contributed by atoms with E-state index < -0.39 is 0 Å². The van der Waals surface area contributed by atoms with E-state index in [1.807, 2.05) is 11.3 Å². The average Bonchev–Trinajstić information content (AvgIpc) is 2.63. The van der Waals surface area contributed by atoms with E-state index in [0.29, 0.717) is 6.04 Å². The van der Waals surface area contributed by atoms with E-state index in [9.17, 15) is 0 Å². The lowest BCUT2D eigenvalue weighted by atomic mass is 10.2. The highest BCUT2D eigenvalue weighted by Crippen LogP contribution is 2.25. The van der Waals surface area contributed by atoms with Crippen molar-refractivity contribution in [1.29, 1.82) is 0 Å². The predicted octanol–water partition coefficient (Wildman–Crippen LogP) is 4.91. The minimum absolute atomic E-state index is 0.630. The van der Waals surface area contributed by atoms with Gasteiger partial charge < -0.3 is 0 Å². The first-order valence-electron chi connectivity index (χ1n) is 6.11. The Morgan fingerprint density at radius 2 is 2.12 bits per heavy atom. The second kappa shape index (κ2) is 7.46. The second-order valence-electron chi connectivity index (χ2n) is 4.46. The van der Waals surface area contributed by atoms with Crippen LogP contribution in [0.2, 0.25) is 0 Å². The van der Waals surface area contributed by atoms with E-state index in [1.165, 1.54) is 35.2 Å². The van der Waals surface area contributed by atoms with E-state index in [4.69, 9.17) is 0 Å². The van der Waals surface area contributed by atoms with E-state index in [2.05, 4.69) is 53.0 Å². The molecule has 0 N–H and O–H groups in total. The Hall–Kier alpha value is 0.140. The van der Waals surface area contributed by atoms with Crippen LogP contribution < -0.4 is 0 Å². The fourth-order valence-corrected chi connectivity index (χ4v) is 3.21. The summed E-state index contributed by atoms with van der Waals surface area (Å²) < 4.78 is 1.26. The van der Waals surface area contributed by atoms with Gasteiger partial charge in [0, 0.05) is 21.9 Å². The van der Waals surface area contributed by atoms with Gasteiger partial charge in [-0.25, -0.2) is 0 Å². The summed E-state index contributed by atoms with van der Waals surface area (Å²) in [4.78, 5) is 4.01. The Kier molecular flexibility index (Phi) is 6.62. The van der Waals surface area contributed by atoms with Crippen LogP contribution in [0.5, 0.6) is 0 Å². The maximum Gasteiger partial charge on any atom is 0.0341 e. The molecule has 1 heterocycles. The number of thiophene rings is 1. The normalized spacial score (nSPS) is 11.6. The predicted molar refractivity (Wildman–Crippen MR) is 77.1 cm³/mol. The first-order chi connectivity index (χ1) is 7.65. The molecular weight excluding hydrogens is 282 g/mol. The summed E-state index contributed by atoms with van der Waals surface area (Å²) in [5.41, 5.74) is 0. The molecule has 0 aromatic carbocycles. The van der Waals surface area contributed by atoms with E-state index in [0.717, 1.165) is 6.54 Å². The fraction of sp³-hybridized carbons (Fsp3) is 0.692. The summed E-state index contributed by atoms with van der Waals surface area (Å²) in [5, 5.41) is 2.16. The number of unbranched alkanes of at least 4 members (excludes halogenated alkanes) is 2. The molecule has 1 rings (SSSR count). The number of rotatable bonds is 7. The standard InChI is InChI=1S/C13H22BrNS/c1-4-5-6-8-15(11(2)3)10-13-12(14)7-9-16-13/h7,9,11H,4-6,8,10H2,1-3H3. The van der Waals surface area contributed by atoms with Crippen molar-refractivity contribution < 1.29 is 0 Å². The largest absolute Gasteiger partial charge is 0.296 e. The summed E-state index contributed by atoms with van der Waals surface area (Å²) in [5.74, 6) is 0. The van der Waals surface area contributed by atoms with E-state index in [-0.39, 0.29) is 0 Å². The average molecular weight is 304 g/mol. The molecule has 1 nitrogen and oxygen atoms in total. The highest BCUT2D eigenvalue weighted by Gasteiger charge is 2.12. The molecule has 0 aliphatic heterocycles. The summed E-state index contributed by atoms with van der Waals surface area (Å²) in [6.45, 7) is 9.13. The van der Waals surface area contributed by atoms with Crippen LogP contribution in [0.1, 0.15) is 44.9 Å². The first-order valence-corrected chi connectivity index (χ1v) is 7.78. The SMILES string of the molecule is CCCCCN(Cc1sccc1Br)C(C)C. The van der Waals surface area contributed by atoms with Crippen LogP contribution in [0.4, 0.5) is 0 Å². The lowest BCUT2D eigenvalue weighted by Gasteiger charge is -2.26. The number of nitrogens with zero attached hydrogens (tertiary/aromatic N) is 1. The van der Waals surface area contributed by atoms with Crippen molar-refractivity contribution in [2.75, 3.05) is 6.54 Å². The summed E-state index contributed by atoms with van der Waals surface area (Å²) in [7, 11) is 0. The molecule has 0 saturated heterocycles. The van der Waals surface area contributed by atoms with Crippen molar-refractivity contribution in [2.45, 2.75) is 52.6 Å². The van der Waals surface area contributed by atoms with Gasteiger partial charge in [0.15, 0.2) is 0 Å². The zero-order valence-electron chi connectivity index (χ0n) is 10.5. The molecule has 0 aliphatic rings. The number of hydrogen-bond donors (Lipinski definition) is 0. The Balaban J connectivity index is 2.48. The van der Waals surface area contributed by atoms with Crippen molar-refractivity contribution in [3.05, 3.63) is 20.8 Å².